The molecule has 4 heterocycles. The molecule has 2 aliphatic rings. The van der Waals surface area contributed by atoms with Crippen molar-refractivity contribution in [3.8, 4) is 0 Å². The lowest BCUT2D eigenvalue weighted by molar-refractivity contribution is -0.123. The Morgan fingerprint density at radius 3 is 2.23 bits per heavy atom. The van der Waals surface area contributed by atoms with Gasteiger partial charge < -0.3 is 4.90 Å². The average Bonchev–Trinajstić information content (AvgIpc) is 3.49. The van der Waals surface area contributed by atoms with Gasteiger partial charge in [0.15, 0.2) is 11.2 Å². The predicted molar refractivity (Wildman–Crippen MR) is 147 cm³/mol. The number of piperazine rings is 1. The second-order valence-electron chi connectivity index (χ2n) is 10.1. The third-order valence-corrected chi connectivity index (χ3v) is 7.76. The maximum absolute atomic E-state index is 13.6. The number of amides is 2. The number of hydrogen-bond acceptors (Lipinski definition) is 7. The minimum atomic E-state index is -0.541. The molecule has 6 rings (SSSR count). The molecule has 0 spiro atoms. The minimum Gasteiger partial charge on any atom is -0.340 e. The van der Waals surface area contributed by atoms with Crippen LogP contribution in [0.3, 0.4) is 0 Å². The van der Waals surface area contributed by atoms with E-state index in [1.165, 1.54) is 28.6 Å². The van der Waals surface area contributed by atoms with Crippen LogP contribution in [0.25, 0.3) is 11.2 Å². The van der Waals surface area contributed by atoms with Gasteiger partial charge in [-0.3, -0.25) is 33.0 Å². The zero-order chi connectivity index (χ0) is 28.1. The number of para-hydroxylation sites is 1. The SMILES string of the molecule is Cn1c(=O)c2c(nc(N3CCN(C4CC(=O)N(c5ccccc5)C4=O)CC3)n2Cc2ccc(F)cc2)n(C)c1=O. The van der Waals surface area contributed by atoms with Gasteiger partial charge in [-0.15, -0.1) is 0 Å². The van der Waals surface area contributed by atoms with Crippen LogP contribution in [0, 0.1) is 5.82 Å². The molecule has 2 fully saturated rings. The van der Waals surface area contributed by atoms with E-state index in [0.717, 1.165) is 10.1 Å². The van der Waals surface area contributed by atoms with Crippen molar-refractivity contribution in [2.24, 2.45) is 14.1 Å². The van der Waals surface area contributed by atoms with Gasteiger partial charge in [0, 0.05) is 40.3 Å². The number of imidazole rings is 1. The predicted octanol–water partition coefficient (Wildman–Crippen LogP) is 1.08. The van der Waals surface area contributed by atoms with Crippen LogP contribution in [0.5, 0.6) is 0 Å². The number of halogens is 1. The minimum absolute atomic E-state index is 0.120. The Bertz CT molecular complexity index is 1740. The zero-order valence-electron chi connectivity index (χ0n) is 22.2. The molecular formula is C28H28FN7O4. The fourth-order valence-corrected chi connectivity index (χ4v) is 5.58. The summed E-state index contributed by atoms with van der Waals surface area (Å²) in [7, 11) is 3.00. The molecule has 0 N–H and O–H groups in total. The summed E-state index contributed by atoms with van der Waals surface area (Å²) in [5, 5.41) is 0. The van der Waals surface area contributed by atoms with E-state index in [2.05, 4.69) is 0 Å². The molecule has 206 valence electrons. The number of anilines is 2. The number of fused-ring (bicyclic) bond motifs is 1. The van der Waals surface area contributed by atoms with Crippen molar-refractivity contribution in [3.05, 3.63) is 86.8 Å². The third-order valence-electron chi connectivity index (χ3n) is 7.76. The highest BCUT2D eigenvalue weighted by Crippen LogP contribution is 2.28. The normalized spacial score (nSPS) is 18.3. The Kier molecular flexibility index (Phi) is 6.34. The lowest BCUT2D eigenvalue weighted by Crippen LogP contribution is -2.53. The maximum atomic E-state index is 13.6. The second kappa shape index (κ2) is 9.87. The van der Waals surface area contributed by atoms with Crippen molar-refractivity contribution in [3.63, 3.8) is 0 Å². The summed E-state index contributed by atoms with van der Waals surface area (Å²) < 4.78 is 17.7. The summed E-state index contributed by atoms with van der Waals surface area (Å²) in [6.45, 7) is 2.24. The first kappa shape index (κ1) is 25.7. The first-order valence-electron chi connectivity index (χ1n) is 13.1. The second-order valence-corrected chi connectivity index (χ2v) is 10.1. The van der Waals surface area contributed by atoms with Crippen LogP contribution in [0.15, 0.2) is 64.2 Å². The van der Waals surface area contributed by atoms with Crippen molar-refractivity contribution >= 4 is 34.6 Å². The number of imide groups is 1. The van der Waals surface area contributed by atoms with Gasteiger partial charge in [-0.25, -0.2) is 14.1 Å². The van der Waals surface area contributed by atoms with Crippen LogP contribution in [0.1, 0.15) is 12.0 Å². The first-order valence-corrected chi connectivity index (χ1v) is 13.1. The van der Waals surface area contributed by atoms with Gasteiger partial charge in [-0.2, -0.15) is 4.98 Å². The van der Waals surface area contributed by atoms with Crippen molar-refractivity contribution in [1.29, 1.82) is 0 Å². The van der Waals surface area contributed by atoms with E-state index in [9.17, 15) is 23.6 Å². The van der Waals surface area contributed by atoms with E-state index in [1.54, 1.807) is 48.0 Å². The Balaban J connectivity index is 1.30. The number of nitrogens with zero attached hydrogens (tertiary/aromatic N) is 7. The van der Waals surface area contributed by atoms with Crippen molar-refractivity contribution in [2.75, 3.05) is 36.0 Å². The molecule has 40 heavy (non-hydrogen) atoms. The number of benzene rings is 2. The molecule has 12 heteroatoms. The molecule has 2 aromatic carbocycles. The molecular weight excluding hydrogens is 517 g/mol. The molecule has 2 saturated heterocycles. The van der Waals surface area contributed by atoms with E-state index < -0.39 is 17.3 Å². The van der Waals surface area contributed by atoms with Gasteiger partial charge in [0.2, 0.25) is 11.9 Å². The Morgan fingerprint density at radius 2 is 1.55 bits per heavy atom. The summed E-state index contributed by atoms with van der Waals surface area (Å²) in [4.78, 5) is 61.9. The summed E-state index contributed by atoms with van der Waals surface area (Å²) >= 11 is 0. The van der Waals surface area contributed by atoms with Crippen molar-refractivity contribution in [1.82, 2.24) is 23.6 Å². The maximum Gasteiger partial charge on any atom is 0.332 e. The number of aryl methyl sites for hydroxylation is 1. The quantitative estimate of drug-likeness (QED) is 0.346. The van der Waals surface area contributed by atoms with Gasteiger partial charge in [0.25, 0.3) is 11.5 Å². The number of carbonyl (C=O) groups excluding carboxylic acids is 2. The van der Waals surface area contributed by atoms with E-state index in [0.29, 0.717) is 37.8 Å². The van der Waals surface area contributed by atoms with E-state index in [1.807, 2.05) is 15.9 Å². The number of aromatic nitrogens is 4. The average molecular weight is 546 g/mol. The van der Waals surface area contributed by atoms with Gasteiger partial charge >= 0.3 is 5.69 Å². The number of rotatable bonds is 5. The molecule has 0 bridgehead atoms. The summed E-state index contributed by atoms with van der Waals surface area (Å²) in [5.74, 6) is -0.301. The lowest BCUT2D eigenvalue weighted by atomic mass is 10.1. The largest absolute Gasteiger partial charge is 0.340 e. The van der Waals surface area contributed by atoms with Crippen molar-refractivity contribution in [2.45, 2.75) is 19.0 Å². The van der Waals surface area contributed by atoms with Crippen LogP contribution in [0.4, 0.5) is 16.0 Å². The highest BCUT2D eigenvalue weighted by atomic mass is 19.1. The van der Waals surface area contributed by atoms with Crippen LogP contribution in [-0.4, -0.2) is 67.6 Å². The van der Waals surface area contributed by atoms with Crippen LogP contribution in [-0.2, 0) is 30.2 Å². The number of hydrogen-bond donors (Lipinski definition) is 0. The molecule has 1 unspecified atom stereocenters. The molecule has 2 aliphatic heterocycles. The number of carbonyl (C=O) groups is 2. The molecule has 2 aromatic heterocycles. The molecule has 11 nitrogen and oxygen atoms in total. The van der Waals surface area contributed by atoms with Crippen molar-refractivity contribution < 1.29 is 14.0 Å². The molecule has 0 radical (unpaired) electrons. The Morgan fingerprint density at radius 1 is 0.875 bits per heavy atom. The summed E-state index contributed by atoms with van der Waals surface area (Å²) in [5.41, 5.74) is 0.943. The van der Waals surface area contributed by atoms with Gasteiger partial charge in [0.1, 0.15) is 5.82 Å². The molecule has 1 atom stereocenters. The van der Waals surface area contributed by atoms with Gasteiger partial charge in [0.05, 0.1) is 24.7 Å². The topological polar surface area (TPSA) is 106 Å². The summed E-state index contributed by atoms with van der Waals surface area (Å²) in [6, 6.07) is 14.4. The van der Waals surface area contributed by atoms with E-state index in [4.69, 9.17) is 4.98 Å². The van der Waals surface area contributed by atoms with Gasteiger partial charge in [-0.1, -0.05) is 30.3 Å². The van der Waals surface area contributed by atoms with E-state index >= 15 is 0 Å². The van der Waals surface area contributed by atoms with Crippen LogP contribution in [0.2, 0.25) is 0 Å². The fourth-order valence-electron chi connectivity index (χ4n) is 5.58. The molecule has 4 aromatic rings. The molecule has 0 saturated carbocycles. The first-order chi connectivity index (χ1) is 19.2. The monoisotopic (exact) mass is 545 g/mol. The molecule has 2 amide bonds. The van der Waals surface area contributed by atoms with Gasteiger partial charge in [-0.05, 0) is 29.8 Å². The standard InChI is InChI=1S/C28H28FN7O4/c1-31-24-23(26(39)32(2)28(31)40)35(17-18-8-10-19(29)11-9-18)27(30-24)34-14-12-33(13-15-34)21-16-22(37)36(25(21)38)20-6-4-3-5-7-20/h3-11,21H,12-17H2,1-2H3. The fraction of sp³-hybridized carbons (Fsp3) is 0.321. The smallest absolute Gasteiger partial charge is 0.332 e. The summed E-state index contributed by atoms with van der Waals surface area (Å²) in [6.07, 6.45) is 0.120. The highest BCUT2D eigenvalue weighted by Gasteiger charge is 2.43. The Labute approximate surface area is 228 Å². The van der Waals surface area contributed by atoms with E-state index in [-0.39, 0.29) is 41.8 Å². The third kappa shape index (κ3) is 4.20. The molecule has 0 aliphatic carbocycles. The van der Waals surface area contributed by atoms with Crippen LogP contribution < -0.4 is 21.0 Å². The lowest BCUT2D eigenvalue weighted by Gasteiger charge is -2.37. The highest BCUT2D eigenvalue weighted by molar-refractivity contribution is 6.22. The van der Waals surface area contributed by atoms with Crippen LogP contribution >= 0.6 is 0 Å². The Hall–Kier alpha value is -4.58. The zero-order valence-corrected chi connectivity index (χ0v) is 22.2.